The number of aromatic nitrogens is 2. The Hall–Kier alpha value is -2.19. The highest BCUT2D eigenvalue weighted by Crippen LogP contribution is 2.26. The second-order valence-corrected chi connectivity index (χ2v) is 5.55. The maximum Gasteiger partial charge on any atom is 0.265 e. The summed E-state index contributed by atoms with van der Waals surface area (Å²) in [7, 11) is 0. The van der Waals surface area contributed by atoms with Crippen LogP contribution >= 0.6 is 11.3 Å². The van der Waals surface area contributed by atoms with Crippen LogP contribution in [0.2, 0.25) is 0 Å². The first-order chi connectivity index (χ1) is 10.1. The summed E-state index contributed by atoms with van der Waals surface area (Å²) in [4.78, 5) is 30.1. The van der Waals surface area contributed by atoms with Crippen molar-refractivity contribution in [1.29, 1.82) is 0 Å². The molecule has 0 radical (unpaired) electrons. The molecule has 1 unspecified atom stereocenters. The molecule has 0 aliphatic carbocycles. The van der Waals surface area contributed by atoms with Gasteiger partial charge in [-0.1, -0.05) is 0 Å². The molecule has 0 saturated carbocycles. The number of amides is 2. The van der Waals surface area contributed by atoms with E-state index in [0.717, 1.165) is 18.4 Å². The minimum Gasteiger partial charge on any atom is -0.368 e. The van der Waals surface area contributed by atoms with Crippen molar-refractivity contribution in [1.82, 2.24) is 9.97 Å². The number of hydrogen-bond donors (Lipinski definition) is 3. The lowest BCUT2D eigenvalue weighted by Gasteiger charge is -2.07. The molecule has 110 valence electrons. The summed E-state index contributed by atoms with van der Waals surface area (Å²) >= 11 is 1.32. The zero-order chi connectivity index (χ0) is 14.8. The second-order valence-electron chi connectivity index (χ2n) is 4.70. The van der Waals surface area contributed by atoms with E-state index in [2.05, 4.69) is 15.3 Å². The average molecular weight is 306 g/mol. The molecular weight excluding hydrogens is 292 g/mol. The molecule has 21 heavy (non-hydrogen) atoms. The van der Waals surface area contributed by atoms with E-state index >= 15 is 0 Å². The van der Waals surface area contributed by atoms with Gasteiger partial charge in [0, 0.05) is 23.7 Å². The number of nitrogens with one attached hydrogen (secondary N) is 2. The second kappa shape index (κ2) is 5.66. The normalized spacial score (nSPS) is 17.8. The van der Waals surface area contributed by atoms with Gasteiger partial charge in [0.1, 0.15) is 11.8 Å². The summed E-state index contributed by atoms with van der Waals surface area (Å²) in [5.74, 6) is -0.691. The van der Waals surface area contributed by atoms with Crippen LogP contribution in [0.1, 0.15) is 23.3 Å². The first-order valence-electron chi connectivity index (χ1n) is 6.50. The fraction of sp³-hybridized carbons (Fsp3) is 0.308. The molecule has 3 heterocycles. The number of thiazole rings is 1. The number of rotatable bonds is 4. The van der Waals surface area contributed by atoms with Gasteiger partial charge < -0.3 is 15.5 Å². The number of ether oxygens (including phenoxy) is 1. The molecule has 0 aromatic carbocycles. The van der Waals surface area contributed by atoms with Gasteiger partial charge in [-0.2, -0.15) is 0 Å². The molecule has 1 aliphatic rings. The van der Waals surface area contributed by atoms with E-state index in [4.69, 9.17) is 10.5 Å². The summed E-state index contributed by atoms with van der Waals surface area (Å²) < 4.78 is 5.32. The van der Waals surface area contributed by atoms with Crippen molar-refractivity contribution in [2.75, 3.05) is 11.9 Å². The van der Waals surface area contributed by atoms with E-state index in [-0.39, 0.29) is 12.0 Å². The molecular formula is C13H14N4O3S. The molecule has 2 aromatic heterocycles. The Morgan fingerprint density at radius 3 is 3.05 bits per heavy atom. The maximum absolute atomic E-state index is 11.9. The number of hydrogen-bond acceptors (Lipinski definition) is 5. The molecule has 2 amide bonds. The summed E-state index contributed by atoms with van der Waals surface area (Å²) in [6.07, 6.45) is 2.91. The Morgan fingerprint density at radius 1 is 1.52 bits per heavy atom. The lowest BCUT2D eigenvalue weighted by Crippen LogP contribution is -2.26. The summed E-state index contributed by atoms with van der Waals surface area (Å²) in [5.41, 5.74) is 6.93. The first kappa shape index (κ1) is 13.8. The van der Waals surface area contributed by atoms with Crippen molar-refractivity contribution < 1.29 is 14.3 Å². The first-order valence-corrected chi connectivity index (χ1v) is 7.38. The number of nitrogens with zero attached hydrogens (tertiary/aromatic N) is 1. The van der Waals surface area contributed by atoms with Gasteiger partial charge in [-0.05, 0) is 18.9 Å². The molecule has 1 atom stereocenters. The van der Waals surface area contributed by atoms with Crippen LogP contribution in [0.15, 0.2) is 17.6 Å². The van der Waals surface area contributed by atoms with Crippen LogP contribution in [-0.4, -0.2) is 34.5 Å². The summed E-state index contributed by atoms with van der Waals surface area (Å²) in [5, 5.41) is 5.06. The lowest BCUT2D eigenvalue weighted by atomic mass is 10.2. The van der Waals surface area contributed by atoms with Gasteiger partial charge in [-0.3, -0.25) is 14.9 Å². The van der Waals surface area contributed by atoms with Crippen molar-refractivity contribution in [3.8, 4) is 11.3 Å². The number of H-pyrrole nitrogens is 1. The Morgan fingerprint density at radius 2 is 2.38 bits per heavy atom. The van der Waals surface area contributed by atoms with E-state index in [0.29, 0.717) is 23.1 Å². The van der Waals surface area contributed by atoms with Gasteiger partial charge in [0.2, 0.25) is 0 Å². The molecule has 1 saturated heterocycles. The van der Waals surface area contributed by atoms with E-state index in [1.165, 1.54) is 11.3 Å². The number of carbonyl (C=O) groups is 2. The topological polar surface area (TPSA) is 110 Å². The Kier molecular flexibility index (Phi) is 3.72. The van der Waals surface area contributed by atoms with Crippen molar-refractivity contribution in [2.45, 2.75) is 18.9 Å². The number of primary amides is 1. The van der Waals surface area contributed by atoms with Gasteiger partial charge in [0.15, 0.2) is 5.13 Å². The number of aromatic amines is 1. The van der Waals surface area contributed by atoms with Crippen molar-refractivity contribution >= 4 is 28.3 Å². The lowest BCUT2D eigenvalue weighted by molar-refractivity contribution is -0.124. The fourth-order valence-corrected chi connectivity index (χ4v) is 2.84. The maximum atomic E-state index is 11.9. The van der Waals surface area contributed by atoms with E-state index in [9.17, 15) is 9.59 Å². The zero-order valence-electron chi connectivity index (χ0n) is 11.1. The van der Waals surface area contributed by atoms with E-state index in [1.807, 2.05) is 0 Å². The monoisotopic (exact) mass is 306 g/mol. The van der Waals surface area contributed by atoms with Gasteiger partial charge >= 0.3 is 0 Å². The van der Waals surface area contributed by atoms with Gasteiger partial charge in [0.05, 0.1) is 5.69 Å². The van der Waals surface area contributed by atoms with Crippen molar-refractivity contribution in [3.05, 3.63) is 23.3 Å². The molecule has 0 spiro atoms. The highest BCUT2D eigenvalue weighted by Gasteiger charge is 2.24. The standard InChI is InChI=1S/C13H14N4O3S/c14-11(18)8-4-7(5-15-8)9-6-21-13(16-9)17-12(19)10-2-1-3-20-10/h4-6,10,15H,1-3H2,(H2,14,18)(H,16,17,19). The summed E-state index contributed by atoms with van der Waals surface area (Å²) in [6, 6.07) is 1.63. The third-order valence-electron chi connectivity index (χ3n) is 3.20. The van der Waals surface area contributed by atoms with Crippen LogP contribution in [0.5, 0.6) is 0 Å². The quantitative estimate of drug-likeness (QED) is 0.792. The average Bonchev–Trinajstić information content (AvgIpc) is 3.20. The highest BCUT2D eigenvalue weighted by atomic mass is 32.1. The van der Waals surface area contributed by atoms with E-state index < -0.39 is 5.91 Å². The van der Waals surface area contributed by atoms with Crippen LogP contribution in [0.3, 0.4) is 0 Å². The molecule has 0 bridgehead atoms. The number of anilines is 1. The van der Waals surface area contributed by atoms with Crippen LogP contribution in [0.25, 0.3) is 11.3 Å². The SMILES string of the molecule is NC(=O)c1cc(-c2csc(NC(=O)C3CCCO3)n2)c[nH]1. The van der Waals surface area contributed by atoms with Crippen LogP contribution in [-0.2, 0) is 9.53 Å². The third-order valence-corrected chi connectivity index (χ3v) is 3.96. The zero-order valence-corrected chi connectivity index (χ0v) is 11.9. The highest BCUT2D eigenvalue weighted by molar-refractivity contribution is 7.14. The fourth-order valence-electron chi connectivity index (χ4n) is 2.12. The molecule has 2 aromatic rings. The molecule has 7 nitrogen and oxygen atoms in total. The largest absolute Gasteiger partial charge is 0.368 e. The minimum atomic E-state index is -0.525. The van der Waals surface area contributed by atoms with Gasteiger partial charge in [-0.15, -0.1) is 11.3 Å². The Labute approximate surface area is 124 Å². The number of carbonyl (C=O) groups excluding carboxylic acids is 2. The molecule has 8 heteroatoms. The van der Waals surface area contributed by atoms with Crippen LogP contribution in [0, 0.1) is 0 Å². The van der Waals surface area contributed by atoms with Crippen molar-refractivity contribution in [2.24, 2.45) is 5.73 Å². The molecule has 1 aliphatic heterocycles. The molecule has 3 rings (SSSR count). The minimum absolute atomic E-state index is 0.166. The Bertz CT molecular complexity index is 673. The van der Waals surface area contributed by atoms with Crippen LogP contribution in [0.4, 0.5) is 5.13 Å². The van der Waals surface area contributed by atoms with E-state index in [1.54, 1.807) is 17.6 Å². The van der Waals surface area contributed by atoms with Crippen LogP contribution < -0.4 is 11.1 Å². The van der Waals surface area contributed by atoms with Crippen molar-refractivity contribution in [3.63, 3.8) is 0 Å². The molecule has 1 fully saturated rings. The van der Waals surface area contributed by atoms with Gasteiger partial charge in [0.25, 0.3) is 11.8 Å². The predicted molar refractivity (Wildman–Crippen MR) is 78.0 cm³/mol. The predicted octanol–water partition coefficient (Wildman–Crippen LogP) is 1.35. The molecule has 4 N–H and O–H groups in total. The Balaban J connectivity index is 1.70. The third kappa shape index (κ3) is 2.96. The van der Waals surface area contributed by atoms with Gasteiger partial charge in [-0.25, -0.2) is 4.98 Å². The summed E-state index contributed by atoms with van der Waals surface area (Å²) in [6.45, 7) is 0.625. The number of nitrogens with two attached hydrogens (primary N) is 1. The smallest absolute Gasteiger partial charge is 0.265 e.